The van der Waals surface area contributed by atoms with Gasteiger partial charge in [-0.3, -0.25) is 14.4 Å². The average Bonchev–Trinajstić information content (AvgIpc) is 3.51. The molecule has 11 heteroatoms. The van der Waals surface area contributed by atoms with Crippen LogP contribution < -0.4 is 25.4 Å². The van der Waals surface area contributed by atoms with Crippen LogP contribution in [0.25, 0.3) is 6.08 Å². The first-order valence-electron chi connectivity index (χ1n) is 14.5. The number of thioether (sulfide) groups is 1. The van der Waals surface area contributed by atoms with Crippen LogP contribution in [0.1, 0.15) is 32.4 Å². The van der Waals surface area contributed by atoms with Gasteiger partial charge in [-0.15, -0.1) is 23.1 Å². The first-order chi connectivity index (χ1) is 22.8. The molecule has 5 aromatic rings. The maximum absolute atomic E-state index is 13.6. The van der Waals surface area contributed by atoms with Crippen molar-refractivity contribution in [1.82, 2.24) is 10.3 Å². The van der Waals surface area contributed by atoms with Crippen LogP contribution in [0.2, 0.25) is 0 Å². The summed E-state index contributed by atoms with van der Waals surface area (Å²) in [5.41, 5.74) is 3.12. The van der Waals surface area contributed by atoms with E-state index in [9.17, 15) is 14.4 Å². The highest BCUT2D eigenvalue weighted by molar-refractivity contribution is 8.00. The number of carbonyl (C=O) groups is 3. The Morgan fingerprint density at radius 1 is 0.851 bits per heavy atom. The zero-order valence-electron chi connectivity index (χ0n) is 25.9. The lowest BCUT2D eigenvalue weighted by Crippen LogP contribution is -2.30. The van der Waals surface area contributed by atoms with E-state index >= 15 is 0 Å². The Kier molecular flexibility index (Phi) is 11.1. The zero-order valence-corrected chi connectivity index (χ0v) is 27.5. The highest BCUT2D eigenvalue weighted by atomic mass is 32.2. The van der Waals surface area contributed by atoms with Crippen molar-refractivity contribution >= 4 is 57.7 Å². The summed E-state index contributed by atoms with van der Waals surface area (Å²) in [6.45, 7) is 1.88. The number of rotatable bonds is 12. The summed E-state index contributed by atoms with van der Waals surface area (Å²) in [6, 6.07) is 30.4. The second-order valence-corrected chi connectivity index (χ2v) is 12.2. The van der Waals surface area contributed by atoms with Crippen LogP contribution in [0, 0.1) is 6.92 Å². The first kappa shape index (κ1) is 33.0. The summed E-state index contributed by atoms with van der Waals surface area (Å²) in [5, 5.41) is 10.4. The van der Waals surface area contributed by atoms with Crippen molar-refractivity contribution in [3.8, 4) is 11.5 Å². The molecule has 0 aliphatic rings. The monoisotopic (exact) mass is 664 g/mol. The maximum Gasteiger partial charge on any atom is 0.272 e. The van der Waals surface area contributed by atoms with Gasteiger partial charge in [-0.25, -0.2) is 4.98 Å². The Morgan fingerprint density at radius 2 is 1.55 bits per heavy atom. The van der Waals surface area contributed by atoms with E-state index < -0.39 is 17.1 Å². The van der Waals surface area contributed by atoms with Gasteiger partial charge in [0.25, 0.3) is 11.8 Å². The molecule has 1 heterocycles. The lowest BCUT2D eigenvalue weighted by atomic mass is 10.1. The highest BCUT2D eigenvalue weighted by Crippen LogP contribution is 2.37. The molecule has 1 aromatic heterocycles. The van der Waals surface area contributed by atoms with E-state index in [-0.39, 0.29) is 11.6 Å². The molecule has 0 fully saturated rings. The molecule has 47 heavy (non-hydrogen) atoms. The number of nitrogens with one attached hydrogen (secondary N) is 3. The number of amides is 3. The zero-order chi connectivity index (χ0) is 33.2. The highest BCUT2D eigenvalue weighted by Gasteiger charge is 2.23. The quantitative estimate of drug-likeness (QED) is 0.0943. The number of aryl methyl sites for hydroxylation is 1. The second-order valence-electron chi connectivity index (χ2n) is 10.2. The summed E-state index contributed by atoms with van der Waals surface area (Å²) in [6.07, 6.45) is 1.54. The summed E-state index contributed by atoms with van der Waals surface area (Å²) in [7, 11) is 3.06. The minimum Gasteiger partial charge on any atom is -0.497 e. The number of anilines is 2. The van der Waals surface area contributed by atoms with Crippen LogP contribution >= 0.6 is 23.1 Å². The molecule has 5 rings (SSSR count). The van der Waals surface area contributed by atoms with E-state index in [0.29, 0.717) is 33.4 Å². The number of hydrogen-bond acceptors (Lipinski definition) is 8. The van der Waals surface area contributed by atoms with Crippen LogP contribution in [-0.4, -0.2) is 36.9 Å². The van der Waals surface area contributed by atoms with E-state index in [1.54, 1.807) is 67.8 Å². The van der Waals surface area contributed by atoms with Crippen LogP contribution in [-0.2, 0) is 9.59 Å². The SMILES string of the molecule is COc1ccc(OC)c(/C=C(\NC(=O)c2ccccc2)C(=O)Nc2ccc(SC(C(=O)Nc3nc(C)cs3)c3ccccc3)cc2)c1. The van der Waals surface area contributed by atoms with Gasteiger partial charge >= 0.3 is 0 Å². The molecular weight excluding hydrogens is 633 g/mol. The molecule has 1 unspecified atom stereocenters. The Bertz CT molecular complexity index is 1880. The fourth-order valence-corrected chi connectivity index (χ4v) is 6.20. The van der Waals surface area contributed by atoms with Crippen molar-refractivity contribution in [3.05, 3.63) is 137 Å². The average molecular weight is 665 g/mol. The van der Waals surface area contributed by atoms with Gasteiger partial charge in [-0.05, 0) is 73.2 Å². The molecule has 0 bridgehead atoms. The number of carbonyl (C=O) groups excluding carboxylic acids is 3. The number of hydrogen-bond donors (Lipinski definition) is 3. The third-order valence-corrected chi connectivity index (χ3v) is 8.96. The Hall–Kier alpha value is -5.39. The molecular formula is C36H32N4O5S2. The molecule has 238 valence electrons. The van der Waals surface area contributed by atoms with Gasteiger partial charge in [-0.1, -0.05) is 48.5 Å². The fourth-order valence-electron chi connectivity index (χ4n) is 4.48. The summed E-state index contributed by atoms with van der Waals surface area (Å²) in [5.74, 6) is -0.125. The Morgan fingerprint density at radius 3 is 2.19 bits per heavy atom. The van der Waals surface area contributed by atoms with Gasteiger partial charge < -0.3 is 25.4 Å². The molecule has 0 aliphatic heterocycles. The number of ether oxygens (including phenoxy) is 2. The minimum atomic E-state index is -0.542. The van der Waals surface area contributed by atoms with E-state index in [2.05, 4.69) is 20.9 Å². The van der Waals surface area contributed by atoms with E-state index in [1.165, 1.54) is 36.3 Å². The first-order valence-corrected chi connectivity index (χ1v) is 16.2. The summed E-state index contributed by atoms with van der Waals surface area (Å²) >= 11 is 2.76. The molecule has 0 radical (unpaired) electrons. The molecule has 0 saturated carbocycles. The molecule has 4 aromatic carbocycles. The van der Waals surface area contributed by atoms with Gasteiger partial charge in [-0.2, -0.15) is 0 Å². The number of nitrogens with zero attached hydrogens (tertiary/aromatic N) is 1. The predicted octanol–water partition coefficient (Wildman–Crippen LogP) is 7.35. The van der Waals surface area contributed by atoms with Crippen LogP contribution in [0.4, 0.5) is 10.8 Å². The lowest BCUT2D eigenvalue weighted by molar-refractivity contribution is -0.116. The standard InChI is InChI=1S/C36H32N4O5S2/c1-23-22-46-36(37-23)40-35(43)32(24-10-6-4-7-11-24)47-29-17-14-27(15-18-29)38-34(42)30(39-33(41)25-12-8-5-9-13-25)21-26-20-28(44-2)16-19-31(26)45-3/h4-22,32H,1-3H3,(H,38,42)(H,39,41)(H,37,40,43)/b30-21-. The topological polar surface area (TPSA) is 119 Å². The van der Waals surface area contributed by atoms with Crippen molar-refractivity contribution in [2.75, 3.05) is 24.9 Å². The Balaban J connectivity index is 1.36. The van der Waals surface area contributed by atoms with Crippen molar-refractivity contribution in [3.63, 3.8) is 0 Å². The summed E-state index contributed by atoms with van der Waals surface area (Å²) < 4.78 is 10.8. The largest absolute Gasteiger partial charge is 0.497 e. The normalized spacial score (nSPS) is 11.7. The third kappa shape index (κ3) is 8.87. The number of thiazole rings is 1. The number of methoxy groups -OCH3 is 2. The lowest BCUT2D eigenvalue weighted by Gasteiger charge is -2.17. The van der Waals surface area contributed by atoms with E-state index in [1.807, 2.05) is 54.8 Å². The van der Waals surface area contributed by atoms with Gasteiger partial charge in [0.15, 0.2) is 5.13 Å². The number of aromatic nitrogens is 1. The van der Waals surface area contributed by atoms with Crippen molar-refractivity contribution in [2.24, 2.45) is 0 Å². The van der Waals surface area contributed by atoms with Crippen LogP contribution in [0.5, 0.6) is 11.5 Å². The van der Waals surface area contributed by atoms with Gasteiger partial charge in [0.1, 0.15) is 22.4 Å². The second kappa shape index (κ2) is 15.7. The minimum absolute atomic E-state index is 0.00194. The molecule has 9 nitrogen and oxygen atoms in total. The van der Waals surface area contributed by atoms with Gasteiger partial charge in [0.2, 0.25) is 5.91 Å². The smallest absolute Gasteiger partial charge is 0.272 e. The predicted molar refractivity (Wildman–Crippen MR) is 187 cm³/mol. The number of benzene rings is 4. The van der Waals surface area contributed by atoms with E-state index in [4.69, 9.17) is 9.47 Å². The molecule has 0 spiro atoms. The van der Waals surface area contributed by atoms with Crippen LogP contribution in [0.3, 0.4) is 0 Å². The Labute approximate surface area is 281 Å². The fraction of sp³-hybridized carbons (Fsp3) is 0.111. The van der Waals surface area contributed by atoms with Gasteiger partial charge in [0, 0.05) is 27.1 Å². The van der Waals surface area contributed by atoms with Crippen molar-refractivity contribution in [1.29, 1.82) is 0 Å². The van der Waals surface area contributed by atoms with Crippen molar-refractivity contribution in [2.45, 2.75) is 17.1 Å². The summed E-state index contributed by atoms with van der Waals surface area (Å²) in [4.78, 5) is 45.2. The molecule has 3 amide bonds. The van der Waals surface area contributed by atoms with Crippen molar-refractivity contribution < 1.29 is 23.9 Å². The maximum atomic E-state index is 13.6. The molecule has 3 N–H and O–H groups in total. The third-order valence-electron chi connectivity index (χ3n) is 6.82. The van der Waals surface area contributed by atoms with E-state index in [0.717, 1.165) is 16.2 Å². The molecule has 0 aliphatic carbocycles. The van der Waals surface area contributed by atoms with Gasteiger partial charge in [0.05, 0.1) is 19.9 Å². The molecule has 1 atom stereocenters. The molecule has 0 saturated heterocycles. The van der Waals surface area contributed by atoms with Crippen LogP contribution in [0.15, 0.2) is 119 Å².